The van der Waals surface area contributed by atoms with Gasteiger partial charge in [0.15, 0.2) is 0 Å². The van der Waals surface area contributed by atoms with Crippen molar-refractivity contribution in [1.82, 2.24) is 10.3 Å². The first-order valence-electron chi connectivity index (χ1n) is 6.57. The van der Waals surface area contributed by atoms with Crippen LogP contribution >= 0.6 is 11.6 Å². The highest BCUT2D eigenvalue weighted by molar-refractivity contribution is 6.31. The minimum atomic E-state index is -0.547. The zero-order valence-corrected chi connectivity index (χ0v) is 11.8. The Balaban J connectivity index is 1.96. The predicted molar refractivity (Wildman–Crippen MR) is 77.9 cm³/mol. The molecule has 0 unspecified atom stereocenters. The van der Waals surface area contributed by atoms with Crippen LogP contribution in [0.1, 0.15) is 30.1 Å². The zero-order valence-electron chi connectivity index (χ0n) is 11.1. The number of halogens is 1. The molecule has 0 saturated heterocycles. The molecule has 3 rings (SSSR count). The van der Waals surface area contributed by atoms with E-state index in [9.17, 15) is 9.90 Å². The van der Waals surface area contributed by atoms with Crippen LogP contribution in [0.25, 0.3) is 10.9 Å². The summed E-state index contributed by atoms with van der Waals surface area (Å²) in [6.45, 7) is 1.71. The average Bonchev–Trinajstić information content (AvgIpc) is 3.18. The Labute approximate surface area is 121 Å². The minimum Gasteiger partial charge on any atom is -0.391 e. The molecule has 2 aromatic rings. The van der Waals surface area contributed by atoms with Crippen LogP contribution < -0.4 is 5.32 Å². The molecular weight excluding hydrogens is 276 g/mol. The molecule has 5 heteroatoms. The number of carbonyl (C=O) groups is 1. The summed E-state index contributed by atoms with van der Waals surface area (Å²) in [7, 11) is 0. The Bertz CT molecular complexity index is 681. The first-order chi connectivity index (χ1) is 9.52. The van der Waals surface area contributed by atoms with Crippen LogP contribution in [0.3, 0.4) is 0 Å². The van der Waals surface area contributed by atoms with Gasteiger partial charge in [-0.15, -0.1) is 0 Å². The number of carbonyl (C=O) groups excluding carboxylic acids is 1. The van der Waals surface area contributed by atoms with E-state index < -0.39 is 11.6 Å². The third-order valence-corrected chi connectivity index (χ3v) is 4.14. The summed E-state index contributed by atoms with van der Waals surface area (Å²) < 4.78 is 0. The van der Waals surface area contributed by atoms with Crippen LogP contribution in [0.15, 0.2) is 30.5 Å². The Hall–Kier alpha value is -1.65. The zero-order chi connectivity index (χ0) is 14.3. The van der Waals surface area contributed by atoms with Crippen LogP contribution in [0.4, 0.5) is 0 Å². The number of aromatic nitrogens is 1. The number of hydrogen-bond donors (Lipinski definition) is 2. The molecule has 1 saturated carbocycles. The van der Waals surface area contributed by atoms with Gasteiger partial charge in [-0.25, -0.2) is 0 Å². The highest BCUT2D eigenvalue weighted by Gasteiger charge is 2.48. The molecular formula is C15H15ClN2O2. The number of amides is 1. The molecule has 1 aliphatic rings. The molecule has 1 atom stereocenters. The van der Waals surface area contributed by atoms with Gasteiger partial charge in [0.05, 0.1) is 22.7 Å². The monoisotopic (exact) mass is 290 g/mol. The quantitative estimate of drug-likeness (QED) is 0.913. The van der Waals surface area contributed by atoms with Crippen molar-refractivity contribution in [2.24, 2.45) is 0 Å². The third-order valence-electron chi connectivity index (χ3n) is 3.90. The molecule has 0 bridgehead atoms. The number of nitrogens with zero attached hydrogens (tertiary/aromatic N) is 1. The first-order valence-corrected chi connectivity index (χ1v) is 6.94. The lowest BCUT2D eigenvalue weighted by Gasteiger charge is -2.20. The third kappa shape index (κ3) is 2.25. The second-order valence-electron chi connectivity index (χ2n) is 5.31. The molecule has 20 heavy (non-hydrogen) atoms. The van der Waals surface area contributed by atoms with Crippen molar-refractivity contribution >= 4 is 28.4 Å². The van der Waals surface area contributed by atoms with Gasteiger partial charge in [-0.2, -0.15) is 0 Å². The van der Waals surface area contributed by atoms with Crippen molar-refractivity contribution in [2.75, 3.05) is 0 Å². The SMILES string of the molecule is C[C@H](O)C1(NC(=O)c2ccnc3cc(Cl)ccc23)CC1. The topological polar surface area (TPSA) is 62.2 Å². The van der Waals surface area contributed by atoms with Gasteiger partial charge in [0.2, 0.25) is 0 Å². The van der Waals surface area contributed by atoms with E-state index in [1.807, 2.05) is 0 Å². The molecule has 0 aliphatic heterocycles. The van der Waals surface area contributed by atoms with E-state index in [0.717, 1.165) is 18.2 Å². The van der Waals surface area contributed by atoms with Gasteiger partial charge in [-0.05, 0) is 38.0 Å². The number of hydrogen-bond acceptors (Lipinski definition) is 3. The maximum absolute atomic E-state index is 12.4. The molecule has 4 nitrogen and oxygen atoms in total. The van der Waals surface area contributed by atoms with E-state index >= 15 is 0 Å². The molecule has 0 spiro atoms. The number of nitrogens with one attached hydrogen (secondary N) is 1. The predicted octanol–water partition coefficient (Wildman–Crippen LogP) is 2.53. The summed E-state index contributed by atoms with van der Waals surface area (Å²) in [6.07, 6.45) is 2.67. The van der Waals surface area contributed by atoms with Gasteiger partial charge in [0.25, 0.3) is 5.91 Å². The van der Waals surface area contributed by atoms with Crippen LogP contribution in [-0.4, -0.2) is 27.6 Å². The van der Waals surface area contributed by atoms with E-state index in [4.69, 9.17) is 11.6 Å². The largest absolute Gasteiger partial charge is 0.391 e. The summed E-state index contributed by atoms with van der Waals surface area (Å²) in [4.78, 5) is 16.6. The van der Waals surface area contributed by atoms with Crippen LogP contribution in [0, 0.1) is 0 Å². The van der Waals surface area contributed by atoms with Crippen molar-refractivity contribution in [3.8, 4) is 0 Å². The highest BCUT2D eigenvalue weighted by Crippen LogP contribution is 2.39. The second kappa shape index (κ2) is 4.72. The van der Waals surface area contributed by atoms with E-state index in [0.29, 0.717) is 16.1 Å². The molecule has 0 radical (unpaired) electrons. The fourth-order valence-electron chi connectivity index (χ4n) is 2.39. The maximum Gasteiger partial charge on any atom is 0.252 e. The van der Waals surface area contributed by atoms with Crippen molar-refractivity contribution in [2.45, 2.75) is 31.4 Å². The Kier molecular flexibility index (Phi) is 3.15. The number of fused-ring (bicyclic) bond motifs is 1. The van der Waals surface area contributed by atoms with Crippen molar-refractivity contribution in [1.29, 1.82) is 0 Å². The lowest BCUT2D eigenvalue weighted by molar-refractivity contribution is 0.0832. The molecule has 1 fully saturated rings. The standard InChI is InChI=1S/C15H15ClN2O2/c1-9(19)15(5-6-15)18-14(20)12-4-7-17-13-8-10(16)2-3-11(12)13/h2-4,7-9,19H,5-6H2,1H3,(H,18,20)/t9-/m0/s1. The van der Waals surface area contributed by atoms with Crippen LogP contribution in [0.5, 0.6) is 0 Å². The van der Waals surface area contributed by atoms with E-state index in [1.54, 1.807) is 37.4 Å². The molecule has 1 heterocycles. The molecule has 1 amide bonds. The van der Waals surface area contributed by atoms with Gasteiger partial charge in [0.1, 0.15) is 0 Å². The summed E-state index contributed by atoms with van der Waals surface area (Å²) in [5, 5.41) is 14.0. The molecule has 104 valence electrons. The highest BCUT2D eigenvalue weighted by atomic mass is 35.5. The Morgan fingerprint density at radius 1 is 1.45 bits per heavy atom. The lowest BCUT2D eigenvalue weighted by Crippen LogP contribution is -2.44. The van der Waals surface area contributed by atoms with Crippen molar-refractivity contribution < 1.29 is 9.90 Å². The van der Waals surface area contributed by atoms with Crippen LogP contribution in [0.2, 0.25) is 5.02 Å². The molecule has 1 aliphatic carbocycles. The fraction of sp³-hybridized carbons (Fsp3) is 0.333. The average molecular weight is 291 g/mol. The van der Waals surface area contributed by atoms with Crippen molar-refractivity contribution in [3.63, 3.8) is 0 Å². The number of rotatable bonds is 3. The van der Waals surface area contributed by atoms with E-state index in [1.165, 1.54) is 0 Å². The van der Waals surface area contributed by atoms with Crippen LogP contribution in [-0.2, 0) is 0 Å². The van der Waals surface area contributed by atoms with E-state index in [-0.39, 0.29) is 5.91 Å². The number of aliphatic hydroxyl groups excluding tert-OH is 1. The number of pyridine rings is 1. The van der Waals surface area contributed by atoms with Gasteiger partial charge in [-0.1, -0.05) is 17.7 Å². The normalized spacial score (nSPS) is 17.8. The van der Waals surface area contributed by atoms with Gasteiger partial charge < -0.3 is 10.4 Å². The Morgan fingerprint density at radius 3 is 2.85 bits per heavy atom. The van der Waals surface area contributed by atoms with Gasteiger partial charge in [-0.3, -0.25) is 9.78 Å². The molecule has 1 aromatic carbocycles. The Morgan fingerprint density at radius 2 is 2.20 bits per heavy atom. The van der Waals surface area contributed by atoms with E-state index in [2.05, 4.69) is 10.3 Å². The number of aliphatic hydroxyl groups is 1. The summed E-state index contributed by atoms with van der Waals surface area (Å²) in [5.41, 5.74) is 0.782. The summed E-state index contributed by atoms with van der Waals surface area (Å²) >= 11 is 5.94. The smallest absolute Gasteiger partial charge is 0.252 e. The van der Waals surface area contributed by atoms with Gasteiger partial charge in [0, 0.05) is 16.6 Å². The minimum absolute atomic E-state index is 0.182. The number of benzene rings is 1. The first kappa shape index (κ1) is 13.3. The fourth-order valence-corrected chi connectivity index (χ4v) is 2.56. The van der Waals surface area contributed by atoms with Gasteiger partial charge >= 0.3 is 0 Å². The summed E-state index contributed by atoms with van der Waals surface area (Å²) in [5.74, 6) is -0.182. The summed E-state index contributed by atoms with van der Waals surface area (Å²) in [6, 6.07) is 6.95. The molecule has 2 N–H and O–H groups in total. The lowest BCUT2D eigenvalue weighted by atomic mass is 10.1. The second-order valence-corrected chi connectivity index (χ2v) is 5.74. The molecule has 1 aromatic heterocycles. The maximum atomic E-state index is 12.4. The van der Waals surface area contributed by atoms with Crippen molar-refractivity contribution in [3.05, 3.63) is 41.0 Å².